The SMILES string of the molecule is COc1cc(N)ccc1C(=O)OCc1cnn(C)c1. The zero-order valence-corrected chi connectivity index (χ0v) is 10.8. The van der Waals surface area contributed by atoms with Crippen LogP contribution >= 0.6 is 0 Å². The van der Waals surface area contributed by atoms with Crippen molar-refractivity contribution in [1.82, 2.24) is 9.78 Å². The minimum atomic E-state index is -0.458. The number of nitrogens with two attached hydrogens (primary N) is 1. The van der Waals surface area contributed by atoms with Gasteiger partial charge in [0.25, 0.3) is 0 Å². The largest absolute Gasteiger partial charge is 0.496 e. The summed E-state index contributed by atoms with van der Waals surface area (Å²) in [5, 5.41) is 4.00. The van der Waals surface area contributed by atoms with Crippen molar-refractivity contribution in [2.24, 2.45) is 7.05 Å². The number of hydrogen-bond acceptors (Lipinski definition) is 5. The van der Waals surface area contributed by atoms with Crippen LogP contribution in [0.4, 0.5) is 5.69 Å². The number of nitrogen functional groups attached to an aromatic ring is 1. The van der Waals surface area contributed by atoms with Crippen molar-refractivity contribution < 1.29 is 14.3 Å². The predicted octanol–water partition coefficient (Wildman–Crippen LogP) is 1.37. The van der Waals surface area contributed by atoms with Crippen LogP contribution in [0.15, 0.2) is 30.6 Å². The molecule has 0 aliphatic carbocycles. The molecule has 0 radical (unpaired) electrons. The van der Waals surface area contributed by atoms with E-state index in [4.69, 9.17) is 15.2 Å². The third-order valence-corrected chi connectivity index (χ3v) is 2.57. The first-order valence-corrected chi connectivity index (χ1v) is 5.68. The van der Waals surface area contributed by atoms with Crippen molar-refractivity contribution in [3.8, 4) is 5.75 Å². The lowest BCUT2D eigenvalue weighted by Crippen LogP contribution is -2.07. The Morgan fingerprint density at radius 1 is 1.47 bits per heavy atom. The van der Waals surface area contributed by atoms with Crippen LogP contribution in [0, 0.1) is 0 Å². The summed E-state index contributed by atoms with van der Waals surface area (Å²) in [4.78, 5) is 11.9. The molecule has 0 unspecified atom stereocenters. The maximum absolute atomic E-state index is 11.9. The number of carbonyl (C=O) groups excluding carboxylic acids is 1. The Kier molecular flexibility index (Phi) is 3.70. The summed E-state index contributed by atoms with van der Waals surface area (Å²) in [6.07, 6.45) is 3.43. The van der Waals surface area contributed by atoms with Crippen LogP contribution in [0.3, 0.4) is 0 Å². The van der Waals surface area contributed by atoms with Gasteiger partial charge in [0.05, 0.1) is 13.3 Å². The summed E-state index contributed by atoms with van der Waals surface area (Å²) in [6.45, 7) is 0.167. The Bertz CT molecular complexity index is 593. The van der Waals surface area contributed by atoms with E-state index in [0.29, 0.717) is 17.0 Å². The molecule has 0 aliphatic heterocycles. The van der Waals surface area contributed by atoms with Gasteiger partial charge in [-0.25, -0.2) is 4.79 Å². The number of anilines is 1. The van der Waals surface area contributed by atoms with Crippen molar-refractivity contribution in [1.29, 1.82) is 0 Å². The molecule has 0 spiro atoms. The van der Waals surface area contributed by atoms with Gasteiger partial charge in [0.15, 0.2) is 0 Å². The maximum atomic E-state index is 11.9. The number of esters is 1. The number of aryl methyl sites for hydroxylation is 1. The number of rotatable bonds is 4. The molecule has 0 saturated carbocycles. The van der Waals surface area contributed by atoms with Crippen LogP contribution in [0.1, 0.15) is 15.9 Å². The predicted molar refractivity (Wildman–Crippen MR) is 69.7 cm³/mol. The van der Waals surface area contributed by atoms with Crippen molar-refractivity contribution in [2.75, 3.05) is 12.8 Å². The van der Waals surface area contributed by atoms with Crippen LogP contribution in [-0.4, -0.2) is 22.9 Å². The van der Waals surface area contributed by atoms with Crippen LogP contribution in [-0.2, 0) is 18.4 Å². The summed E-state index contributed by atoms with van der Waals surface area (Å²) in [6, 6.07) is 4.80. The van der Waals surface area contributed by atoms with E-state index in [1.54, 1.807) is 42.3 Å². The Balaban J connectivity index is 2.07. The van der Waals surface area contributed by atoms with Gasteiger partial charge in [-0.05, 0) is 12.1 Å². The lowest BCUT2D eigenvalue weighted by Gasteiger charge is -2.08. The molecule has 0 saturated heterocycles. The highest BCUT2D eigenvalue weighted by Gasteiger charge is 2.14. The highest BCUT2D eigenvalue weighted by molar-refractivity contribution is 5.93. The molecule has 0 aliphatic rings. The second kappa shape index (κ2) is 5.43. The van der Waals surface area contributed by atoms with Crippen molar-refractivity contribution in [3.05, 3.63) is 41.7 Å². The Morgan fingerprint density at radius 3 is 2.89 bits per heavy atom. The van der Waals surface area contributed by atoms with E-state index in [1.807, 2.05) is 0 Å². The number of methoxy groups -OCH3 is 1. The molecule has 2 aromatic rings. The van der Waals surface area contributed by atoms with Gasteiger partial charge in [0.2, 0.25) is 0 Å². The molecule has 6 heteroatoms. The lowest BCUT2D eigenvalue weighted by atomic mass is 10.2. The molecule has 1 heterocycles. The van der Waals surface area contributed by atoms with E-state index in [2.05, 4.69) is 5.10 Å². The van der Waals surface area contributed by atoms with Gasteiger partial charge in [-0.15, -0.1) is 0 Å². The van der Waals surface area contributed by atoms with E-state index in [1.165, 1.54) is 7.11 Å². The summed E-state index contributed by atoms with van der Waals surface area (Å²) < 4.78 is 11.9. The zero-order chi connectivity index (χ0) is 13.8. The first-order valence-electron chi connectivity index (χ1n) is 5.68. The van der Waals surface area contributed by atoms with Gasteiger partial charge in [0, 0.05) is 30.6 Å². The number of aromatic nitrogens is 2. The topological polar surface area (TPSA) is 79.4 Å². The van der Waals surface area contributed by atoms with Gasteiger partial charge in [-0.2, -0.15) is 5.10 Å². The number of nitrogens with zero attached hydrogens (tertiary/aromatic N) is 2. The third-order valence-electron chi connectivity index (χ3n) is 2.57. The van der Waals surface area contributed by atoms with Crippen molar-refractivity contribution >= 4 is 11.7 Å². The number of hydrogen-bond donors (Lipinski definition) is 1. The smallest absolute Gasteiger partial charge is 0.342 e. The molecule has 19 heavy (non-hydrogen) atoms. The molecule has 0 bridgehead atoms. The summed E-state index contributed by atoms with van der Waals surface area (Å²) in [7, 11) is 3.28. The second-order valence-corrected chi connectivity index (χ2v) is 4.06. The monoisotopic (exact) mass is 261 g/mol. The second-order valence-electron chi connectivity index (χ2n) is 4.06. The standard InChI is InChI=1S/C13H15N3O3/c1-16-7-9(6-15-16)8-19-13(17)11-4-3-10(14)5-12(11)18-2/h3-7H,8,14H2,1-2H3. The summed E-state index contributed by atoms with van der Waals surface area (Å²) in [5.74, 6) is -0.0584. The molecule has 6 nitrogen and oxygen atoms in total. The number of carbonyl (C=O) groups is 1. The molecule has 1 aromatic carbocycles. The average molecular weight is 261 g/mol. The molecule has 0 atom stereocenters. The number of benzene rings is 1. The number of ether oxygens (including phenoxy) is 2. The highest BCUT2D eigenvalue weighted by Crippen LogP contribution is 2.22. The van der Waals surface area contributed by atoms with Crippen LogP contribution in [0.25, 0.3) is 0 Å². The molecule has 1 aromatic heterocycles. The lowest BCUT2D eigenvalue weighted by molar-refractivity contribution is 0.0469. The molecular formula is C13H15N3O3. The molecule has 0 fully saturated rings. The fraction of sp³-hybridized carbons (Fsp3) is 0.231. The van der Waals surface area contributed by atoms with E-state index in [0.717, 1.165) is 5.56 Å². The highest BCUT2D eigenvalue weighted by atomic mass is 16.5. The van der Waals surface area contributed by atoms with Gasteiger partial charge in [-0.1, -0.05) is 0 Å². The van der Waals surface area contributed by atoms with Gasteiger partial charge in [-0.3, -0.25) is 4.68 Å². The van der Waals surface area contributed by atoms with Crippen LogP contribution < -0.4 is 10.5 Å². The zero-order valence-electron chi connectivity index (χ0n) is 10.8. The molecule has 2 rings (SSSR count). The minimum absolute atomic E-state index is 0.167. The van der Waals surface area contributed by atoms with E-state index in [-0.39, 0.29) is 6.61 Å². The van der Waals surface area contributed by atoms with Crippen molar-refractivity contribution in [3.63, 3.8) is 0 Å². The van der Waals surface area contributed by atoms with Crippen LogP contribution in [0.2, 0.25) is 0 Å². The first-order chi connectivity index (χ1) is 9.10. The Labute approximate surface area is 110 Å². The van der Waals surface area contributed by atoms with Crippen LogP contribution in [0.5, 0.6) is 5.75 Å². The average Bonchev–Trinajstić information content (AvgIpc) is 2.81. The molecule has 0 amide bonds. The first kappa shape index (κ1) is 12.9. The van der Waals surface area contributed by atoms with E-state index in [9.17, 15) is 4.79 Å². The minimum Gasteiger partial charge on any atom is -0.496 e. The Morgan fingerprint density at radius 2 is 2.26 bits per heavy atom. The Hall–Kier alpha value is -2.50. The maximum Gasteiger partial charge on any atom is 0.342 e. The van der Waals surface area contributed by atoms with Gasteiger partial charge < -0.3 is 15.2 Å². The summed E-state index contributed by atoms with van der Waals surface area (Å²) >= 11 is 0. The molecular weight excluding hydrogens is 246 g/mol. The van der Waals surface area contributed by atoms with E-state index >= 15 is 0 Å². The summed E-state index contributed by atoms with van der Waals surface area (Å²) in [5.41, 5.74) is 7.33. The molecule has 2 N–H and O–H groups in total. The van der Waals surface area contributed by atoms with Gasteiger partial charge >= 0.3 is 5.97 Å². The van der Waals surface area contributed by atoms with Gasteiger partial charge in [0.1, 0.15) is 17.9 Å². The van der Waals surface area contributed by atoms with Crippen molar-refractivity contribution in [2.45, 2.75) is 6.61 Å². The third kappa shape index (κ3) is 3.04. The normalized spacial score (nSPS) is 10.2. The quantitative estimate of drug-likeness (QED) is 0.664. The fourth-order valence-electron chi connectivity index (χ4n) is 1.65. The van der Waals surface area contributed by atoms with E-state index < -0.39 is 5.97 Å². The fourth-order valence-corrected chi connectivity index (χ4v) is 1.65. The molecule has 100 valence electrons.